The fraction of sp³-hybridized carbons (Fsp3) is 0.594. The maximum Gasteiger partial charge on any atom is 0.423 e. The first kappa shape index (κ1) is 33.4. The van der Waals surface area contributed by atoms with Crippen molar-refractivity contribution >= 4 is 17.3 Å². The molecular formula is C32H45F3N4O3. The van der Waals surface area contributed by atoms with Gasteiger partial charge in [0.1, 0.15) is 5.56 Å². The fourth-order valence-electron chi connectivity index (χ4n) is 5.85. The number of hydrogen-bond acceptors (Lipinski definition) is 5. The number of nitro groups is 1. The van der Waals surface area contributed by atoms with E-state index in [0.29, 0.717) is 31.8 Å². The predicted molar refractivity (Wildman–Crippen MR) is 161 cm³/mol. The molecule has 0 saturated carbocycles. The maximum atomic E-state index is 13.3. The Balaban J connectivity index is 0.00000484. The number of anilines is 1. The average molecular weight is 591 g/mol. The van der Waals surface area contributed by atoms with Gasteiger partial charge in [-0.3, -0.25) is 14.9 Å². The molecule has 0 unspecified atom stereocenters. The second kappa shape index (κ2) is 13.9. The summed E-state index contributed by atoms with van der Waals surface area (Å²) < 4.78 is 39.9. The molecule has 232 valence electrons. The molecule has 7 nitrogen and oxygen atoms in total. The molecule has 2 aromatic carbocycles. The monoisotopic (exact) mass is 590 g/mol. The molecule has 42 heavy (non-hydrogen) atoms. The van der Waals surface area contributed by atoms with Crippen LogP contribution in [0, 0.1) is 16.0 Å². The van der Waals surface area contributed by atoms with E-state index >= 15 is 0 Å². The summed E-state index contributed by atoms with van der Waals surface area (Å²) in [7, 11) is 0. The van der Waals surface area contributed by atoms with E-state index in [1.165, 1.54) is 17.2 Å². The van der Waals surface area contributed by atoms with E-state index in [4.69, 9.17) is 0 Å². The Morgan fingerprint density at radius 1 is 1.02 bits per heavy atom. The molecule has 0 radical (unpaired) electrons. The van der Waals surface area contributed by atoms with Crippen LogP contribution in [-0.4, -0.2) is 59.4 Å². The standard InChI is InChI=1S/C31H41F3N4O3.CH4/c1-30(2,3)24-8-6-22(7-9-24)19-23-12-16-36(17-13-23)15-4-5-29(39)37-18-14-26(21-37)35-25-10-11-28(38(40)41)27(20-25)31(32,33)34;/h6-11,20,23,26,35H,4-5,12-19,21H2,1-3H3;1H4/t26-;/m0./s1. The molecule has 4 rings (SSSR count). The van der Waals surface area contributed by atoms with Gasteiger partial charge < -0.3 is 15.1 Å². The van der Waals surface area contributed by atoms with Crippen molar-refractivity contribution in [3.8, 4) is 0 Å². The van der Waals surface area contributed by atoms with Crippen LogP contribution in [0.2, 0.25) is 0 Å². The lowest BCUT2D eigenvalue weighted by Crippen LogP contribution is -2.36. The van der Waals surface area contributed by atoms with Crippen LogP contribution in [-0.2, 0) is 22.8 Å². The number of nitrogens with one attached hydrogen (secondary N) is 1. The SMILES string of the molecule is C.CC(C)(C)c1ccc(CC2CCN(CCCC(=O)N3CC[C@H](Nc4ccc([N+](=O)[O-])c(C(F)(F)F)c4)C3)CC2)cc1. The van der Waals surface area contributed by atoms with Crippen LogP contribution in [0.1, 0.15) is 77.0 Å². The molecule has 2 heterocycles. The normalized spacial score (nSPS) is 18.5. The minimum Gasteiger partial charge on any atom is -0.380 e. The van der Waals surface area contributed by atoms with Gasteiger partial charge in [-0.15, -0.1) is 0 Å². The highest BCUT2D eigenvalue weighted by Crippen LogP contribution is 2.38. The van der Waals surface area contributed by atoms with Crippen LogP contribution < -0.4 is 5.32 Å². The number of carbonyl (C=O) groups is 1. The number of alkyl halides is 3. The second-order valence-electron chi connectivity index (χ2n) is 12.5. The summed E-state index contributed by atoms with van der Waals surface area (Å²) in [5.74, 6) is 0.743. The zero-order chi connectivity index (χ0) is 29.8. The molecular weight excluding hydrogens is 545 g/mol. The van der Waals surface area contributed by atoms with E-state index in [9.17, 15) is 28.1 Å². The Labute approximate surface area is 247 Å². The lowest BCUT2D eigenvalue weighted by molar-refractivity contribution is -0.388. The molecule has 2 aliphatic heterocycles. The molecule has 0 spiro atoms. The van der Waals surface area contributed by atoms with Gasteiger partial charge in [0.25, 0.3) is 5.69 Å². The van der Waals surface area contributed by atoms with Gasteiger partial charge in [0, 0.05) is 37.3 Å². The number of nitro benzene ring substituents is 1. The zero-order valence-electron chi connectivity index (χ0n) is 24.2. The van der Waals surface area contributed by atoms with Crippen molar-refractivity contribution in [3.63, 3.8) is 0 Å². The summed E-state index contributed by atoms with van der Waals surface area (Å²) >= 11 is 0. The number of piperidine rings is 1. The number of hydrogen-bond donors (Lipinski definition) is 1. The first-order valence-electron chi connectivity index (χ1n) is 14.5. The Morgan fingerprint density at radius 2 is 1.69 bits per heavy atom. The van der Waals surface area contributed by atoms with Gasteiger partial charge in [0.05, 0.1) is 4.92 Å². The summed E-state index contributed by atoms with van der Waals surface area (Å²) in [6.45, 7) is 10.6. The molecule has 2 aliphatic rings. The van der Waals surface area contributed by atoms with E-state index in [0.717, 1.165) is 57.5 Å². The van der Waals surface area contributed by atoms with Crippen molar-refractivity contribution in [1.82, 2.24) is 9.80 Å². The van der Waals surface area contributed by atoms with Crippen LogP contribution >= 0.6 is 0 Å². The van der Waals surface area contributed by atoms with Crippen LogP contribution in [0.25, 0.3) is 0 Å². The zero-order valence-corrected chi connectivity index (χ0v) is 24.2. The molecule has 0 bridgehead atoms. The molecule has 0 aromatic heterocycles. The average Bonchev–Trinajstić information content (AvgIpc) is 3.37. The summed E-state index contributed by atoms with van der Waals surface area (Å²) in [5.41, 5.74) is 0.828. The largest absolute Gasteiger partial charge is 0.423 e. The molecule has 10 heteroatoms. The highest BCUT2D eigenvalue weighted by Gasteiger charge is 2.38. The van der Waals surface area contributed by atoms with Crippen molar-refractivity contribution in [1.29, 1.82) is 0 Å². The number of nitrogens with zero attached hydrogens (tertiary/aromatic N) is 3. The number of amides is 1. The van der Waals surface area contributed by atoms with Gasteiger partial charge in [-0.25, -0.2) is 0 Å². The van der Waals surface area contributed by atoms with E-state index in [1.807, 2.05) is 0 Å². The lowest BCUT2D eigenvalue weighted by atomic mass is 9.85. The highest BCUT2D eigenvalue weighted by atomic mass is 19.4. The third kappa shape index (κ3) is 8.93. The summed E-state index contributed by atoms with van der Waals surface area (Å²) in [4.78, 5) is 26.9. The van der Waals surface area contributed by atoms with Gasteiger partial charge in [-0.05, 0) is 86.3 Å². The summed E-state index contributed by atoms with van der Waals surface area (Å²) in [6, 6.07) is 11.8. The van der Waals surface area contributed by atoms with Crippen molar-refractivity contribution in [2.45, 2.75) is 84.4 Å². The van der Waals surface area contributed by atoms with Crippen LogP contribution in [0.4, 0.5) is 24.5 Å². The quantitative estimate of drug-likeness (QED) is 0.245. The minimum absolute atomic E-state index is 0. The van der Waals surface area contributed by atoms with Crippen LogP contribution in [0.15, 0.2) is 42.5 Å². The van der Waals surface area contributed by atoms with Crippen molar-refractivity contribution < 1.29 is 22.9 Å². The lowest BCUT2D eigenvalue weighted by Gasteiger charge is -2.32. The highest BCUT2D eigenvalue weighted by molar-refractivity contribution is 5.76. The Bertz CT molecular complexity index is 1200. The minimum atomic E-state index is -4.83. The number of rotatable bonds is 9. The van der Waals surface area contributed by atoms with Gasteiger partial charge in [0.15, 0.2) is 0 Å². The molecule has 1 amide bonds. The number of carbonyl (C=O) groups excluding carboxylic acids is 1. The van der Waals surface area contributed by atoms with E-state index in [1.54, 1.807) is 4.90 Å². The van der Waals surface area contributed by atoms with E-state index < -0.39 is 22.4 Å². The smallest absolute Gasteiger partial charge is 0.380 e. The summed E-state index contributed by atoms with van der Waals surface area (Å²) in [6.07, 6.45) is 0.437. The van der Waals surface area contributed by atoms with E-state index in [2.05, 4.69) is 55.3 Å². The Morgan fingerprint density at radius 3 is 2.29 bits per heavy atom. The van der Waals surface area contributed by atoms with Crippen LogP contribution in [0.5, 0.6) is 0 Å². The predicted octanol–water partition coefficient (Wildman–Crippen LogP) is 7.29. The fourth-order valence-corrected chi connectivity index (χ4v) is 5.85. The number of halogens is 3. The Kier molecular flexibility index (Phi) is 11.0. The van der Waals surface area contributed by atoms with Crippen LogP contribution in [0.3, 0.4) is 0 Å². The van der Waals surface area contributed by atoms with Crippen molar-refractivity contribution in [2.75, 3.05) is 38.0 Å². The van der Waals surface area contributed by atoms with E-state index in [-0.39, 0.29) is 30.5 Å². The molecule has 2 aromatic rings. The topological polar surface area (TPSA) is 78.7 Å². The first-order chi connectivity index (χ1) is 19.3. The van der Waals surface area contributed by atoms with Gasteiger partial charge in [0.2, 0.25) is 5.91 Å². The first-order valence-corrected chi connectivity index (χ1v) is 14.5. The third-order valence-electron chi connectivity index (χ3n) is 8.33. The van der Waals surface area contributed by atoms with Gasteiger partial charge in [-0.2, -0.15) is 13.2 Å². The third-order valence-corrected chi connectivity index (χ3v) is 8.33. The molecule has 2 fully saturated rings. The van der Waals surface area contributed by atoms with Crippen molar-refractivity contribution in [3.05, 3.63) is 69.3 Å². The molecule has 0 aliphatic carbocycles. The van der Waals surface area contributed by atoms with Gasteiger partial charge in [-0.1, -0.05) is 52.5 Å². The Hall–Kier alpha value is -3.14. The number of likely N-dealkylation sites (tertiary alicyclic amines) is 2. The van der Waals surface area contributed by atoms with Gasteiger partial charge >= 0.3 is 6.18 Å². The molecule has 2 saturated heterocycles. The summed E-state index contributed by atoms with van der Waals surface area (Å²) in [5, 5.41) is 14.0. The second-order valence-corrected chi connectivity index (χ2v) is 12.5. The van der Waals surface area contributed by atoms with Crippen molar-refractivity contribution in [2.24, 2.45) is 5.92 Å². The molecule has 1 N–H and O–H groups in total. The number of benzene rings is 2. The maximum absolute atomic E-state index is 13.3. The molecule has 1 atom stereocenters.